The Kier molecular flexibility index (Phi) is 144. The quantitative estimate of drug-likeness (QED) is 0.388. The Morgan fingerprint density at radius 3 is 0.750 bits per heavy atom. The van der Waals surface area contributed by atoms with Gasteiger partial charge in [0.05, 0.1) is 0 Å². The number of rotatable bonds is 0. The second kappa shape index (κ2) is 63.8. The van der Waals surface area contributed by atoms with Gasteiger partial charge in [-0.1, -0.05) is 25.7 Å². The average Bonchev–Trinajstić information content (AvgIpc) is 2.10. The first-order chi connectivity index (χ1) is 6.73. The first kappa shape index (κ1) is 36.2. The molecule has 0 aromatic rings. The molecule has 1 fully saturated rings. The van der Waals surface area contributed by atoms with Gasteiger partial charge in [0.1, 0.15) is 0 Å². The summed E-state index contributed by atoms with van der Waals surface area (Å²) in [7, 11) is -3.13. The van der Waals surface area contributed by atoms with Crippen molar-refractivity contribution < 1.29 is 14.4 Å². The van der Waals surface area contributed by atoms with E-state index in [1.807, 2.05) is 0 Å². The van der Waals surface area contributed by atoms with Gasteiger partial charge in [0, 0.05) is 0 Å². The zero-order chi connectivity index (χ0) is 12.4. The first-order valence-electron chi connectivity index (χ1n) is 4.15. The third-order valence-electron chi connectivity index (χ3n) is 1.000. The summed E-state index contributed by atoms with van der Waals surface area (Å²) in [6.07, 6.45) is 6.00. The molecule has 0 aliphatic heterocycles. The van der Waals surface area contributed by atoms with E-state index in [1.165, 1.54) is 25.7 Å². The zero-order valence-corrected chi connectivity index (χ0v) is 11.3. The van der Waals surface area contributed by atoms with Gasteiger partial charge < -0.3 is 22.1 Å². The normalized spacial score (nSPS) is 8.94. The maximum absolute atomic E-state index is 8.74. The maximum atomic E-state index is 8.74. The van der Waals surface area contributed by atoms with Gasteiger partial charge in [-0.05, 0) is 0 Å². The van der Waals surface area contributed by atoms with Crippen LogP contribution in [0.2, 0.25) is 0 Å². The van der Waals surface area contributed by atoms with Gasteiger partial charge in [-0.25, -0.2) is 0 Å². The van der Waals surface area contributed by atoms with Gasteiger partial charge in [-0.3, -0.25) is 4.57 Å². The summed E-state index contributed by atoms with van der Waals surface area (Å²) in [6.45, 7) is 18.0. The molecule has 0 bridgehead atoms. The summed E-state index contributed by atoms with van der Waals surface area (Å²) in [5, 5.41) is 0. The SMILES string of the molecule is C1CCC1.C=C.C=C.C=C.N.N.O=[PH](O)O. The molecule has 16 heavy (non-hydrogen) atoms. The van der Waals surface area contributed by atoms with Crippen LogP contribution in [0.4, 0.5) is 0 Å². The van der Waals surface area contributed by atoms with Gasteiger partial charge >= 0.3 is 8.25 Å². The lowest BCUT2D eigenvalue weighted by atomic mass is 10.0. The third-order valence-corrected chi connectivity index (χ3v) is 1.000. The van der Waals surface area contributed by atoms with Crippen molar-refractivity contribution in [1.82, 2.24) is 12.3 Å². The van der Waals surface area contributed by atoms with E-state index >= 15 is 0 Å². The van der Waals surface area contributed by atoms with Gasteiger partial charge in [-0.15, -0.1) is 39.5 Å². The molecule has 5 nitrogen and oxygen atoms in total. The summed E-state index contributed by atoms with van der Waals surface area (Å²) in [5.41, 5.74) is 0. The Hall–Kier alpha value is -0.710. The minimum Gasteiger partial charge on any atom is -0.344 e. The van der Waals surface area contributed by atoms with E-state index in [0.29, 0.717) is 0 Å². The first-order valence-corrected chi connectivity index (χ1v) is 5.45. The van der Waals surface area contributed by atoms with Gasteiger partial charge in [-0.2, -0.15) is 0 Å². The van der Waals surface area contributed by atoms with Gasteiger partial charge in [0.15, 0.2) is 0 Å². The van der Waals surface area contributed by atoms with E-state index in [2.05, 4.69) is 39.5 Å². The van der Waals surface area contributed by atoms with Crippen LogP contribution in [0.3, 0.4) is 0 Å². The Morgan fingerprint density at radius 1 is 0.688 bits per heavy atom. The summed E-state index contributed by atoms with van der Waals surface area (Å²) >= 11 is 0. The van der Waals surface area contributed by atoms with E-state index in [4.69, 9.17) is 14.4 Å². The van der Waals surface area contributed by atoms with Crippen molar-refractivity contribution in [1.29, 1.82) is 0 Å². The van der Waals surface area contributed by atoms with E-state index in [0.717, 1.165) is 0 Å². The van der Waals surface area contributed by atoms with Crippen LogP contribution in [0.15, 0.2) is 39.5 Å². The minimum absolute atomic E-state index is 0. The lowest BCUT2D eigenvalue weighted by molar-refractivity contribution is 0.405. The Bertz CT molecular complexity index is 99.5. The highest BCUT2D eigenvalue weighted by Crippen LogP contribution is 2.15. The molecule has 0 spiro atoms. The molecule has 0 aromatic heterocycles. The molecule has 0 unspecified atom stereocenters. The summed E-state index contributed by atoms with van der Waals surface area (Å²) in [5.74, 6) is 0. The molecule has 0 radical (unpaired) electrons. The molecule has 8 N–H and O–H groups in total. The molecule has 1 aliphatic rings. The minimum atomic E-state index is -3.13. The Morgan fingerprint density at radius 2 is 0.750 bits per heavy atom. The van der Waals surface area contributed by atoms with E-state index in [1.54, 1.807) is 0 Å². The van der Waals surface area contributed by atoms with Crippen LogP contribution < -0.4 is 12.3 Å². The van der Waals surface area contributed by atoms with Crippen LogP contribution in [-0.4, -0.2) is 9.79 Å². The second-order valence-electron chi connectivity index (χ2n) is 1.70. The molecule has 6 heteroatoms. The largest absolute Gasteiger partial charge is 0.344 e. The van der Waals surface area contributed by atoms with Crippen molar-refractivity contribution in [3.8, 4) is 0 Å². The van der Waals surface area contributed by atoms with Crippen LogP contribution in [0.5, 0.6) is 0 Å². The molecule has 0 aromatic carbocycles. The number of hydrogen-bond acceptors (Lipinski definition) is 3. The summed E-state index contributed by atoms with van der Waals surface area (Å²) in [4.78, 5) is 14.3. The average molecular weight is 256 g/mol. The van der Waals surface area contributed by atoms with Gasteiger partial charge in [0.2, 0.25) is 0 Å². The predicted molar refractivity (Wildman–Crippen MR) is 75.7 cm³/mol. The molecule has 1 aliphatic carbocycles. The molecule has 1 rings (SSSR count). The maximum Gasteiger partial charge on any atom is 0.314 e. The molecular formula is C10H29N2O3P. The fourth-order valence-corrected chi connectivity index (χ4v) is 0.250. The van der Waals surface area contributed by atoms with Crippen LogP contribution in [0.1, 0.15) is 25.7 Å². The standard InChI is InChI=1S/C4H8.3C2H4.2H3N.H3O3P/c1-2-4-3-1;3*1-2;;;1-4(2)3/h1-4H2;3*1-2H2;2*1H3;4H,(H2,1,2,3). The van der Waals surface area contributed by atoms with Crippen LogP contribution in [0, 0.1) is 0 Å². The Balaban J connectivity index is -0.0000000199. The third kappa shape index (κ3) is 185. The number of hydrogen-bond donors (Lipinski definition) is 4. The molecule has 1 saturated carbocycles. The predicted octanol–water partition coefficient (Wildman–Crippen LogP) is 3.65. The van der Waals surface area contributed by atoms with Crippen molar-refractivity contribution in [2.45, 2.75) is 25.7 Å². The zero-order valence-electron chi connectivity index (χ0n) is 10.3. The highest BCUT2D eigenvalue weighted by Gasteiger charge is 1.95. The van der Waals surface area contributed by atoms with Crippen molar-refractivity contribution in [3.63, 3.8) is 0 Å². The molecule has 0 heterocycles. The molecule has 0 amide bonds. The Labute approximate surface area is 101 Å². The smallest absolute Gasteiger partial charge is 0.314 e. The fraction of sp³-hybridized carbons (Fsp3) is 0.400. The van der Waals surface area contributed by atoms with Crippen molar-refractivity contribution >= 4 is 8.25 Å². The topological polar surface area (TPSA) is 128 Å². The highest BCUT2D eigenvalue weighted by molar-refractivity contribution is 7.30. The van der Waals surface area contributed by atoms with Crippen molar-refractivity contribution in [2.75, 3.05) is 0 Å². The fourth-order valence-electron chi connectivity index (χ4n) is 0.250. The van der Waals surface area contributed by atoms with Crippen LogP contribution in [-0.2, 0) is 4.57 Å². The summed E-state index contributed by atoms with van der Waals surface area (Å²) in [6, 6.07) is 0. The molecule has 0 atom stereocenters. The van der Waals surface area contributed by atoms with Crippen molar-refractivity contribution in [3.05, 3.63) is 39.5 Å². The summed E-state index contributed by atoms with van der Waals surface area (Å²) < 4.78 is 8.74. The van der Waals surface area contributed by atoms with Crippen molar-refractivity contribution in [2.24, 2.45) is 0 Å². The monoisotopic (exact) mass is 256 g/mol. The van der Waals surface area contributed by atoms with Crippen LogP contribution in [0.25, 0.3) is 0 Å². The lowest BCUT2D eigenvalue weighted by Gasteiger charge is -2.05. The molecule has 102 valence electrons. The van der Waals surface area contributed by atoms with E-state index in [9.17, 15) is 0 Å². The van der Waals surface area contributed by atoms with E-state index < -0.39 is 8.25 Å². The molecular weight excluding hydrogens is 227 g/mol. The second-order valence-corrected chi connectivity index (χ2v) is 2.26. The highest BCUT2D eigenvalue weighted by atomic mass is 31.1. The van der Waals surface area contributed by atoms with Gasteiger partial charge in [0.25, 0.3) is 0 Å². The lowest BCUT2D eigenvalue weighted by Crippen LogP contribution is -1.85. The van der Waals surface area contributed by atoms with E-state index in [-0.39, 0.29) is 12.3 Å². The van der Waals surface area contributed by atoms with Crippen LogP contribution >= 0.6 is 8.25 Å². The molecule has 0 saturated heterocycles.